The highest BCUT2D eigenvalue weighted by Crippen LogP contribution is 2.62. The second-order valence-electron chi connectivity index (χ2n) is 16.6. The average Bonchev–Trinajstić information content (AvgIpc) is 3.59. The van der Waals surface area contributed by atoms with E-state index in [1.165, 1.54) is 82.4 Å². The first-order valence-electron chi connectivity index (χ1n) is 20.4. The van der Waals surface area contributed by atoms with E-state index in [0.29, 0.717) is 0 Å². The summed E-state index contributed by atoms with van der Waals surface area (Å²) in [6.45, 7) is 4.78. The van der Waals surface area contributed by atoms with Crippen LogP contribution in [0, 0.1) is 0 Å². The van der Waals surface area contributed by atoms with E-state index in [1.54, 1.807) is 0 Å². The topological polar surface area (TPSA) is 12.9 Å². The first-order chi connectivity index (χ1) is 28.5. The third-order valence-corrected chi connectivity index (χ3v) is 13.3. The van der Waals surface area contributed by atoms with E-state index in [2.05, 4.69) is 214 Å². The van der Waals surface area contributed by atoms with Gasteiger partial charge in [0.05, 0.1) is 16.8 Å². The largest absolute Gasteiger partial charge is 0.248 e. The van der Waals surface area contributed by atoms with Crippen LogP contribution in [0.1, 0.15) is 47.2 Å². The van der Waals surface area contributed by atoms with Gasteiger partial charge in [0.25, 0.3) is 0 Å². The lowest BCUT2D eigenvalue weighted by molar-refractivity contribution is 0.563. The van der Waals surface area contributed by atoms with Crippen molar-refractivity contribution >= 4 is 32.3 Å². The Bertz CT molecular complexity index is 3230. The van der Waals surface area contributed by atoms with Gasteiger partial charge in [0.1, 0.15) is 0 Å². The Morgan fingerprint density at radius 1 is 0.293 bits per heavy atom. The third kappa shape index (κ3) is 4.50. The number of benzene rings is 9. The van der Waals surface area contributed by atoms with Crippen LogP contribution in [0.4, 0.5) is 0 Å². The molecule has 1 aromatic heterocycles. The van der Waals surface area contributed by atoms with Crippen molar-refractivity contribution in [3.05, 3.63) is 234 Å². The summed E-state index contributed by atoms with van der Waals surface area (Å²) in [6, 6.07) is 74.3. The third-order valence-electron chi connectivity index (χ3n) is 13.3. The van der Waals surface area contributed by atoms with E-state index < -0.39 is 5.41 Å². The number of rotatable bonds is 3. The molecule has 58 heavy (non-hydrogen) atoms. The zero-order valence-electron chi connectivity index (χ0n) is 32.5. The molecule has 1 spiro atoms. The Hall–Kier alpha value is -7.09. The number of fused-ring (bicyclic) bond motifs is 15. The molecule has 0 saturated heterocycles. The number of hydrogen-bond acceptors (Lipinski definition) is 1. The van der Waals surface area contributed by atoms with E-state index in [1.807, 2.05) is 0 Å². The molecule has 0 saturated carbocycles. The van der Waals surface area contributed by atoms with Crippen LogP contribution >= 0.6 is 0 Å². The molecule has 0 radical (unpaired) electrons. The van der Waals surface area contributed by atoms with Gasteiger partial charge in [-0.2, -0.15) is 0 Å². The summed E-state index contributed by atoms with van der Waals surface area (Å²) in [4.78, 5) is 5.58. The summed E-state index contributed by atoms with van der Waals surface area (Å²) in [7, 11) is 0. The first-order valence-corrected chi connectivity index (χ1v) is 20.4. The fourth-order valence-electron chi connectivity index (χ4n) is 10.7. The molecule has 2 aliphatic carbocycles. The molecule has 10 aromatic rings. The average molecular weight is 738 g/mol. The molecule has 272 valence electrons. The van der Waals surface area contributed by atoms with Gasteiger partial charge in [-0.05, 0) is 112 Å². The Kier molecular flexibility index (Phi) is 6.96. The van der Waals surface area contributed by atoms with Crippen molar-refractivity contribution in [3.63, 3.8) is 0 Å². The standard InChI is InChI=1S/C57H39N/c1-56(2)50-26-14-15-27-52(50)57(48-24-12-10-22-45(48)46-23-11-13-25-49(46)57)53-33-38(29-31-51(53)56)55-35-39(36-16-4-3-5-17-36)34-54(58-55)37-28-30-44-42-20-7-6-18-40(42)41-19-8-9-21-43(41)47(44)32-37/h3-35H,1-2H3. The van der Waals surface area contributed by atoms with Gasteiger partial charge < -0.3 is 0 Å². The molecule has 1 nitrogen and oxygen atoms in total. The van der Waals surface area contributed by atoms with Gasteiger partial charge in [-0.1, -0.05) is 190 Å². The first kappa shape index (κ1) is 33.1. The normalized spacial score (nSPS) is 14.3. The van der Waals surface area contributed by atoms with Crippen molar-refractivity contribution < 1.29 is 0 Å². The predicted molar refractivity (Wildman–Crippen MR) is 242 cm³/mol. The molecule has 12 rings (SSSR count). The molecule has 0 unspecified atom stereocenters. The van der Waals surface area contributed by atoms with Gasteiger partial charge in [0.15, 0.2) is 0 Å². The van der Waals surface area contributed by atoms with E-state index in [-0.39, 0.29) is 5.41 Å². The van der Waals surface area contributed by atoms with Crippen molar-refractivity contribution in [3.8, 4) is 44.8 Å². The highest BCUT2D eigenvalue weighted by molar-refractivity contribution is 6.25. The summed E-state index contributed by atoms with van der Waals surface area (Å²) in [5, 5.41) is 7.60. The lowest BCUT2D eigenvalue weighted by atomic mass is 9.55. The summed E-state index contributed by atoms with van der Waals surface area (Å²) in [5.41, 5.74) is 16.6. The second-order valence-corrected chi connectivity index (χ2v) is 16.6. The molecule has 0 bridgehead atoms. The Balaban J connectivity index is 1.12. The highest BCUT2D eigenvalue weighted by Gasteiger charge is 2.53. The van der Waals surface area contributed by atoms with Crippen LogP contribution in [0.5, 0.6) is 0 Å². The van der Waals surface area contributed by atoms with Crippen molar-refractivity contribution in [2.75, 3.05) is 0 Å². The van der Waals surface area contributed by atoms with E-state index >= 15 is 0 Å². The molecule has 1 heterocycles. The van der Waals surface area contributed by atoms with Crippen LogP contribution in [-0.2, 0) is 10.8 Å². The van der Waals surface area contributed by atoms with Gasteiger partial charge in [-0.25, -0.2) is 4.98 Å². The van der Waals surface area contributed by atoms with Gasteiger partial charge in [0.2, 0.25) is 0 Å². The maximum atomic E-state index is 5.58. The zero-order chi connectivity index (χ0) is 38.6. The van der Waals surface area contributed by atoms with Crippen molar-refractivity contribution in [2.24, 2.45) is 0 Å². The quantitative estimate of drug-likeness (QED) is 0.165. The van der Waals surface area contributed by atoms with Gasteiger partial charge in [-0.3, -0.25) is 0 Å². The van der Waals surface area contributed by atoms with Gasteiger partial charge in [-0.15, -0.1) is 0 Å². The Morgan fingerprint density at radius 2 is 0.741 bits per heavy atom. The maximum absolute atomic E-state index is 5.58. The molecule has 0 fully saturated rings. The summed E-state index contributed by atoms with van der Waals surface area (Å²) in [6.07, 6.45) is 0. The van der Waals surface area contributed by atoms with Gasteiger partial charge in [0, 0.05) is 16.5 Å². The van der Waals surface area contributed by atoms with Crippen LogP contribution in [-0.4, -0.2) is 4.98 Å². The Labute approximate surface area is 338 Å². The van der Waals surface area contributed by atoms with Crippen molar-refractivity contribution in [1.29, 1.82) is 0 Å². The van der Waals surface area contributed by atoms with E-state index in [4.69, 9.17) is 4.98 Å². The molecule has 1 heteroatoms. The SMILES string of the molecule is CC1(C)c2ccccc2C2(c3ccccc3-c3ccccc32)c2cc(-c3cc(-c4ccccc4)cc(-c4ccc5c6ccccc6c6ccccc6c5c4)n3)ccc21. The minimum atomic E-state index is -0.466. The van der Waals surface area contributed by atoms with E-state index in [0.717, 1.165) is 28.1 Å². The van der Waals surface area contributed by atoms with Crippen LogP contribution in [0.25, 0.3) is 77.1 Å². The monoisotopic (exact) mass is 737 g/mol. The van der Waals surface area contributed by atoms with E-state index in [9.17, 15) is 0 Å². The molecular formula is C57H39N. The lowest BCUT2D eigenvalue weighted by Crippen LogP contribution is -2.40. The number of hydrogen-bond donors (Lipinski definition) is 0. The highest BCUT2D eigenvalue weighted by atomic mass is 14.7. The van der Waals surface area contributed by atoms with Crippen molar-refractivity contribution in [2.45, 2.75) is 24.7 Å². The second kappa shape index (κ2) is 12.2. The lowest BCUT2D eigenvalue weighted by Gasteiger charge is -2.46. The molecule has 0 aliphatic heterocycles. The summed E-state index contributed by atoms with van der Waals surface area (Å²) < 4.78 is 0. The van der Waals surface area contributed by atoms with Crippen LogP contribution in [0.3, 0.4) is 0 Å². The fraction of sp³-hybridized carbons (Fsp3) is 0.0702. The fourth-order valence-corrected chi connectivity index (χ4v) is 10.7. The Morgan fingerprint density at radius 3 is 1.36 bits per heavy atom. The van der Waals surface area contributed by atoms with Crippen molar-refractivity contribution in [1.82, 2.24) is 4.98 Å². The molecule has 0 atom stereocenters. The minimum absolute atomic E-state index is 0.204. The van der Waals surface area contributed by atoms with Crippen LogP contribution in [0.2, 0.25) is 0 Å². The molecule has 9 aromatic carbocycles. The summed E-state index contributed by atoms with van der Waals surface area (Å²) in [5.74, 6) is 0. The van der Waals surface area contributed by atoms with Gasteiger partial charge >= 0.3 is 0 Å². The number of aromatic nitrogens is 1. The van der Waals surface area contributed by atoms with Crippen LogP contribution in [0.15, 0.2) is 200 Å². The van der Waals surface area contributed by atoms with Crippen LogP contribution < -0.4 is 0 Å². The smallest absolute Gasteiger partial charge is 0.0719 e. The summed E-state index contributed by atoms with van der Waals surface area (Å²) >= 11 is 0. The maximum Gasteiger partial charge on any atom is 0.0719 e. The molecule has 0 N–H and O–H groups in total. The number of pyridine rings is 1. The number of nitrogens with zero attached hydrogens (tertiary/aromatic N) is 1. The molecule has 2 aliphatic rings. The molecule has 0 amide bonds. The zero-order valence-corrected chi connectivity index (χ0v) is 32.5. The molecular weight excluding hydrogens is 699 g/mol. The minimum Gasteiger partial charge on any atom is -0.248 e. The predicted octanol–water partition coefficient (Wildman–Crippen LogP) is 14.5.